The predicted molar refractivity (Wildman–Crippen MR) is 95.2 cm³/mol. The Bertz CT molecular complexity index is 470. The third-order valence-corrected chi connectivity index (χ3v) is 4.11. The number of ether oxygens (including phenoxy) is 1. The van der Waals surface area contributed by atoms with Crippen LogP contribution in [0.2, 0.25) is 0 Å². The van der Waals surface area contributed by atoms with Gasteiger partial charge in [-0.3, -0.25) is 0 Å². The predicted octanol–water partition coefficient (Wildman–Crippen LogP) is 3.96. The first kappa shape index (κ1) is 19.5. The van der Waals surface area contributed by atoms with E-state index in [2.05, 4.69) is 40.2 Å². The van der Waals surface area contributed by atoms with Crippen molar-refractivity contribution in [3.63, 3.8) is 0 Å². The average molecular weight is 321 g/mol. The average Bonchev–Trinajstić information content (AvgIpc) is 2.50. The zero-order valence-corrected chi connectivity index (χ0v) is 15.4. The minimum Gasteiger partial charge on any atom is -0.445 e. The maximum atomic E-state index is 12.0. The number of quaternary nitrogens is 1. The van der Waals surface area contributed by atoms with Crippen LogP contribution in [-0.4, -0.2) is 43.3 Å². The molecule has 1 N–H and O–H groups in total. The molecule has 4 heteroatoms. The Morgan fingerprint density at radius 3 is 2.43 bits per heavy atom. The summed E-state index contributed by atoms with van der Waals surface area (Å²) in [6, 6.07) is 9.73. The minimum absolute atomic E-state index is 0.268. The maximum absolute atomic E-state index is 12.0. The van der Waals surface area contributed by atoms with Gasteiger partial charge in [-0.25, -0.2) is 4.79 Å². The zero-order valence-electron chi connectivity index (χ0n) is 15.4. The van der Waals surface area contributed by atoms with E-state index in [0.717, 1.165) is 23.0 Å². The molecule has 0 fully saturated rings. The van der Waals surface area contributed by atoms with E-state index in [-0.39, 0.29) is 11.6 Å². The third-order valence-electron chi connectivity index (χ3n) is 4.11. The van der Waals surface area contributed by atoms with Gasteiger partial charge in [0, 0.05) is 12.0 Å². The van der Waals surface area contributed by atoms with Gasteiger partial charge in [-0.2, -0.15) is 0 Å². The summed E-state index contributed by atoms with van der Waals surface area (Å²) in [5.74, 6) is 0. The lowest BCUT2D eigenvalue weighted by atomic mass is 10.00. The molecule has 0 heterocycles. The number of benzene rings is 1. The van der Waals surface area contributed by atoms with Crippen molar-refractivity contribution in [3.05, 3.63) is 35.9 Å². The molecule has 0 unspecified atom stereocenters. The molecule has 1 aromatic carbocycles. The van der Waals surface area contributed by atoms with Crippen LogP contribution in [0.5, 0.6) is 0 Å². The largest absolute Gasteiger partial charge is 0.445 e. The number of alkyl carbamates (subject to hydrolysis) is 1. The van der Waals surface area contributed by atoms with Gasteiger partial charge in [0.05, 0.1) is 27.2 Å². The molecule has 0 radical (unpaired) electrons. The van der Waals surface area contributed by atoms with Crippen molar-refractivity contribution in [2.24, 2.45) is 0 Å². The first-order valence-corrected chi connectivity index (χ1v) is 8.55. The summed E-state index contributed by atoms with van der Waals surface area (Å²) in [4.78, 5) is 12.0. The van der Waals surface area contributed by atoms with E-state index in [0.29, 0.717) is 6.61 Å². The van der Waals surface area contributed by atoms with Gasteiger partial charge in [0.25, 0.3) is 0 Å². The number of unbranched alkanes of at least 4 members (excludes halogenated alkanes) is 1. The lowest BCUT2D eigenvalue weighted by molar-refractivity contribution is -0.891. The SMILES string of the molecule is CCCC[N+](C)(C)CCC(C)(C)NC(=O)OCc1ccccc1. The number of nitrogens with one attached hydrogen (secondary N) is 1. The monoisotopic (exact) mass is 321 g/mol. The Kier molecular flexibility index (Phi) is 7.56. The number of hydrogen-bond donors (Lipinski definition) is 1. The Hall–Kier alpha value is -1.55. The van der Waals surface area contributed by atoms with E-state index in [1.54, 1.807) is 0 Å². The summed E-state index contributed by atoms with van der Waals surface area (Å²) in [7, 11) is 4.50. The molecule has 0 spiro atoms. The van der Waals surface area contributed by atoms with Crippen LogP contribution in [-0.2, 0) is 11.3 Å². The Labute approximate surface area is 141 Å². The summed E-state index contributed by atoms with van der Waals surface area (Å²) in [5.41, 5.74) is 0.730. The van der Waals surface area contributed by atoms with E-state index >= 15 is 0 Å². The fourth-order valence-electron chi connectivity index (χ4n) is 2.38. The normalized spacial score (nSPS) is 12.0. The number of hydrogen-bond acceptors (Lipinski definition) is 2. The van der Waals surface area contributed by atoms with Crippen LogP contribution in [0.15, 0.2) is 30.3 Å². The summed E-state index contributed by atoms with van der Waals surface area (Å²) in [6.45, 7) is 8.83. The maximum Gasteiger partial charge on any atom is 0.407 e. The molecule has 0 aliphatic heterocycles. The molecule has 23 heavy (non-hydrogen) atoms. The first-order valence-electron chi connectivity index (χ1n) is 8.55. The smallest absolute Gasteiger partial charge is 0.407 e. The van der Waals surface area contributed by atoms with Gasteiger partial charge in [0.1, 0.15) is 6.61 Å². The highest BCUT2D eigenvalue weighted by Crippen LogP contribution is 2.13. The van der Waals surface area contributed by atoms with E-state index in [9.17, 15) is 4.79 Å². The highest BCUT2D eigenvalue weighted by molar-refractivity contribution is 5.68. The second-order valence-electron chi connectivity index (χ2n) is 7.56. The van der Waals surface area contributed by atoms with Crippen LogP contribution in [0.1, 0.15) is 45.6 Å². The van der Waals surface area contributed by atoms with Gasteiger partial charge >= 0.3 is 6.09 Å². The fraction of sp³-hybridized carbons (Fsp3) is 0.632. The number of carbonyl (C=O) groups excluding carboxylic acids is 1. The quantitative estimate of drug-likeness (QED) is 0.699. The van der Waals surface area contributed by atoms with Crippen LogP contribution < -0.4 is 5.32 Å². The standard InChI is InChI=1S/C19H32N2O2/c1-6-7-14-21(4,5)15-13-19(2,3)20-18(22)23-16-17-11-9-8-10-12-17/h8-12H,6-7,13-16H2,1-5H3/p+1. The third kappa shape index (κ3) is 8.60. The summed E-state index contributed by atoms with van der Waals surface area (Å²) < 4.78 is 6.29. The van der Waals surface area contributed by atoms with Gasteiger partial charge in [-0.05, 0) is 25.8 Å². The van der Waals surface area contributed by atoms with Crippen molar-refractivity contribution in [2.75, 3.05) is 27.2 Å². The molecule has 1 amide bonds. The number of carbonyl (C=O) groups is 1. The van der Waals surface area contributed by atoms with Crippen LogP contribution in [0.3, 0.4) is 0 Å². The second-order valence-corrected chi connectivity index (χ2v) is 7.56. The molecule has 0 aliphatic carbocycles. The van der Waals surface area contributed by atoms with E-state index in [1.165, 1.54) is 19.4 Å². The van der Waals surface area contributed by atoms with Crippen LogP contribution in [0, 0.1) is 0 Å². The number of amides is 1. The van der Waals surface area contributed by atoms with Gasteiger partial charge in [-0.1, -0.05) is 43.7 Å². The molecule has 130 valence electrons. The molecular formula is C19H33N2O2+. The molecule has 4 nitrogen and oxygen atoms in total. The molecule has 0 saturated heterocycles. The Morgan fingerprint density at radius 2 is 1.83 bits per heavy atom. The van der Waals surface area contributed by atoms with Crippen LogP contribution >= 0.6 is 0 Å². The number of rotatable bonds is 9. The molecule has 0 aliphatic rings. The molecule has 0 atom stereocenters. The first-order chi connectivity index (χ1) is 10.7. The Balaban J connectivity index is 2.37. The molecule has 0 bridgehead atoms. The zero-order chi connectivity index (χ0) is 17.3. The lowest BCUT2D eigenvalue weighted by Gasteiger charge is -2.34. The topological polar surface area (TPSA) is 38.3 Å². The Morgan fingerprint density at radius 1 is 1.17 bits per heavy atom. The molecular weight excluding hydrogens is 288 g/mol. The molecule has 1 rings (SSSR count). The van der Waals surface area contributed by atoms with E-state index in [1.807, 2.05) is 30.3 Å². The summed E-state index contributed by atoms with van der Waals surface area (Å²) in [5, 5.41) is 2.98. The van der Waals surface area contributed by atoms with E-state index in [4.69, 9.17) is 4.74 Å². The van der Waals surface area contributed by atoms with Crippen molar-refractivity contribution in [3.8, 4) is 0 Å². The van der Waals surface area contributed by atoms with Crippen LogP contribution in [0.25, 0.3) is 0 Å². The highest BCUT2D eigenvalue weighted by Gasteiger charge is 2.25. The van der Waals surface area contributed by atoms with E-state index < -0.39 is 0 Å². The van der Waals surface area contributed by atoms with Crippen molar-refractivity contribution >= 4 is 6.09 Å². The van der Waals surface area contributed by atoms with Gasteiger partial charge < -0.3 is 14.5 Å². The van der Waals surface area contributed by atoms with Gasteiger partial charge in [-0.15, -0.1) is 0 Å². The molecule has 1 aromatic rings. The van der Waals surface area contributed by atoms with Crippen molar-refractivity contribution in [1.29, 1.82) is 0 Å². The van der Waals surface area contributed by atoms with Gasteiger partial charge in [0.2, 0.25) is 0 Å². The van der Waals surface area contributed by atoms with Crippen molar-refractivity contribution < 1.29 is 14.0 Å². The molecule has 0 aromatic heterocycles. The van der Waals surface area contributed by atoms with Crippen molar-refractivity contribution in [1.82, 2.24) is 5.32 Å². The number of nitrogens with zero attached hydrogens (tertiary/aromatic N) is 1. The fourth-order valence-corrected chi connectivity index (χ4v) is 2.38. The highest BCUT2D eigenvalue weighted by atomic mass is 16.5. The minimum atomic E-state index is -0.349. The summed E-state index contributed by atoms with van der Waals surface area (Å²) >= 11 is 0. The van der Waals surface area contributed by atoms with Crippen molar-refractivity contribution in [2.45, 2.75) is 52.2 Å². The lowest BCUT2D eigenvalue weighted by Crippen LogP contribution is -2.49. The van der Waals surface area contributed by atoms with Crippen LogP contribution in [0.4, 0.5) is 4.79 Å². The summed E-state index contributed by atoms with van der Waals surface area (Å²) in [6.07, 6.45) is 3.02. The molecule has 0 saturated carbocycles. The van der Waals surface area contributed by atoms with Gasteiger partial charge in [0.15, 0.2) is 0 Å². The second kappa shape index (κ2) is 8.92.